The van der Waals surface area contributed by atoms with E-state index >= 15 is 0 Å². The first kappa shape index (κ1) is 14.5. The van der Waals surface area contributed by atoms with Crippen molar-refractivity contribution in [3.63, 3.8) is 0 Å². The van der Waals surface area contributed by atoms with Gasteiger partial charge in [-0.05, 0) is 51.1 Å². The summed E-state index contributed by atoms with van der Waals surface area (Å²) >= 11 is 0. The summed E-state index contributed by atoms with van der Waals surface area (Å²) in [5, 5.41) is 0. The molecular weight excluding hydrogens is 232 g/mol. The van der Waals surface area contributed by atoms with Gasteiger partial charge in [0, 0.05) is 18.6 Å². The van der Waals surface area contributed by atoms with Gasteiger partial charge in [-0.3, -0.25) is 4.90 Å². The molecule has 0 bridgehead atoms. The van der Waals surface area contributed by atoms with Gasteiger partial charge in [-0.25, -0.2) is 0 Å². The first-order chi connectivity index (χ1) is 9.11. The number of nitrogens with zero attached hydrogens (tertiary/aromatic N) is 1. The molecule has 1 aliphatic rings. The van der Waals surface area contributed by atoms with E-state index in [0.29, 0.717) is 18.6 Å². The summed E-state index contributed by atoms with van der Waals surface area (Å²) in [7, 11) is 2.25. The largest absolute Gasteiger partial charge is 0.329 e. The van der Waals surface area contributed by atoms with Crippen LogP contribution in [0.2, 0.25) is 0 Å². The number of aryl methyl sites for hydroxylation is 1. The second kappa shape index (κ2) is 6.53. The molecule has 0 saturated heterocycles. The molecule has 0 aromatic heterocycles. The van der Waals surface area contributed by atoms with Crippen molar-refractivity contribution in [2.45, 2.75) is 51.6 Å². The molecule has 19 heavy (non-hydrogen) atoms. The van der Waals surface area contributed by atoms with Gasteiger partial charge >= 0.3 is 0 Å². The predicted molar refractivity (Wildman–Crippen MR) is 82.2 cm³/mol. The van der Waals surface area contributed by atoms with Crippen LogP contribution in [0, 0.1) is 12.8 Å². The van der Waals surface area contributed by atoms with Gasteiger partial charge < -0.3 is 5.73 Å². The quantitative estimate of drug-likeness (QED) is 0.897. The minimum Gasteiger partial charge on any atom is -0.329 e. The van der Waals surface area contributed by atoms with Gasteiger partial charge in [0.15, 0.2) is 0 Å². The van der Waals surface area contributed by atoms with Crippen LogP contribution in [-0.4, -0.2) is 24.5 Å². The molecule has 2 heteroatoms. The zero-order chi connectivity index (χ0) is 13.8. The number of likely N-dealkylation sites (N-methyl/N-ethyl adjacent to an activating group) is 1. The van der Waals surface area contributed by atoms with E-state index in [2.05, 4.69) is 50.1 Å². The lowest BCUT2D eigenvalue weighted by molar-refractivity contribution is 0.126. The van der Waals surface area contributed by atoms with Crippen LogP contribution in [0.15, 0.2) is 24.3 Å². The Morgan fingerprint density at radius 1 is 1.16 bits per heavy atom. The molecule has 2 rings (SSSR count). The van der Waals surface area contributed by atoms with E-state index in [1.165, 1.54) is 36.8 Å². The van der Waals surface area contributed by atoms with E-state index in [0.717, 1.165) is 5.92 Å². The molecule has 1 fully saturated rings. The monoisotopic (exact) mass is 260 g/mol. The minimum absolute atomic E-state index is 0.360. The Bertz CT molecular complexity index is 377. The molecule has 0 amide bonds. The fourth-order valence-corrected chi connectivity index (χ4v) is 3.23. The highest BCUT2D eigenvalue weighted by Crippen LogP contribution is 2.31. The van der Waals surface area contributed by atoms with Crippen molar-refractivity contribution in [1.82, 2.24) is 4.90 Å². The van der Waals surface area contributed by atoms with Gasteiger partial charge in [-0.2, -0.15) is 0 Å². The average Bonchev–Trinajstić information content (AvgIpc) is 2.42. The van der Waals surface area contributed by atoms with Crippen molar-refractivity contribution in [2.75, 3.05) is 13.6 Å². The van der Waals surface area contributed by atoms with Crippen LogP contribution in [0.4, 0.5) is 0 Å². The highest BCUT2D eigenvalue weighted by atomic mass is 15.2. The lowest BCUT2D eigenvalue weighted by Gasteiger charge is -2.38. The zero-order valence-electron chi connectivity index (χ0n) is 12.6. The van der Waals surface area contributed by atoms with Crippen LogP contribution in [-0.2, 0) is 0 Å². The van der Waals surface area contributed by atoms with Gasteiger partial charge in [0.1, 0.15) is 0 Å². The Morgan fingerprint density at radius 2 is 1.74 bits per heavy atom. The molecule has 1 aromatic rings. The average molecular weight is 260 g/mol. The van der Waals surface area contributed by atoms with Crippen LogP contribution in [0.5, 0.6) is 0 Å². The smallest absolute Gasteiger partial charge is 0.0470 e. The fourth-order valence-electron chi connectivity index (χ4n) is 3.23. The second-order valence-corrected chi connectivity index (χ2v) is 6.24. The number of hydrogen-bond donors (Lipinski definition) is 1. The molecule has 1 unspecified atom stereocenters. The lowest BCUT2D eigenvalue weighted by atomic mass is 9.86. The Morgan fingerprint density at radius 3 is 2.26 bits per heavy atom. The fraction of sp³-hybridized carbons (Fsp3) is 0.647. The van der Waals surface area contributed by atoms with Crippen LogP contribution < -0.4 is 5.73 Å². The highest BCUT2D eigenvalue weighted by molar-refractivity contribution is 5.24. The Kier molecular flexibility index (Phi) is 5.00. The number of hydrogen-bond acceptors (Lipinski definition) is 2. The molecule has 2 N–H and O–H groups in total. The third kappa shape index (κ3) is 3.58. The number of rotatable bonds is 4. The summed E-state index contributed by atoms with van der Waals surface area (Å²) in [5.74, 6) is 0.903. The molecule has 2 nitrogen and oxygen atoms in total. The van der Waals surface area contributed by atoms with Crippen molar-refractivity contribution in [3.05, 3.63) is 35.4 Å². The molecule has 0 aliphatic heterocycles. The van der Waals surface area contributed by atoms with Crippen LogP contribution in [0.3, 0.4) is 0 Å². The molecular formula is C17H28N2. The van der Waals surface area contributed by atoms with Gasteiger partial charge in [0.2, 0.25) is 0 Å². The summed E-state index contributed by atoms with van der Waals surface area (Å²) in [5.41, 5.74) is 8.71. The standard InChI is InChI=1S/C17H28N2/c1-13-4-8-15(9-5-13)17(12-18)19(3)16-10-6-14(2)7-11-16/h4-5,8-9,14,16-17H,6-7,10-12,18H2,1-3H3. The maximum Gasteiger partial charge on any atom is 0.0470 e. The van der Waals surface area contributed by atoms with E-state index in [1.54, 1.807) is 0 Å². The maximum atomic E-state index is 6.04. The summed E-state index contributed by atoms with van der Waals surface area (Å²) in [6.07, 6.45) is 5.36. The lowest BCUT2D eigenvalue weighted by Crippen LogP contribution is -2.40. The molecule has 1 atom stereocenters. The van der Waals surface area contributed by atoms with Gasteiger partial charge in [-0.1, -0.05) is 36.8 Å². The molecule has 106 valence electrons. The number of benzene rings is 1. The molecule has 0 radical (unpaired) electrons. The SMILES string of the molecule is Cc1ccc(C(CN)N(C)C2CCC(C)CC2)cc1. The summed E-state index contributed by atoms with van der Waals surface area (Å²) in [6, 6.07) is 9.90. The topological polar surface area (TPSA) is 29.3 Å². The van der Waals surface area contributed by atoms with E-state index in [1.807, 2.05) is 0 Å². The first-order valence-corrected chi connectivity index (χ1v) is 7.60. The van der Waals surface area contributed by atoms with E-state index in [4.69, 9.17) is 5.73 Å². The zero-order valence-corrected chi connectivity index (χ0v) is 12.6. The van der Waals surface area contributed by atoms with Gasteiger partial charge in [-0.15, -0.1) is 0 Å². The van der Waals surface area contributed by atoms with Crippen molar-refractivity contribution < 1.29 is 0 Å². The molecule has 1 aromatic carbocycles. The molecule has 0 spiro atoms. The van der Waals surface area contributed by atoms with Crippen LogP contribution >= 0.6 is 0 Å². The summed E-state index contributed by atoms with van der Waals surface area (Å²) in [4.78, 5) is 2.51. The van der Waals surface area contributed by atoms with E-state index < -0.39 is 0 Å². The first-order valence-electron chi connectivity index (χ1n) is 7.60. The maximum absolute atomic E-state index is 6.04. The van der Waals surface area contributed by atoms with Crippen molar-refractivity contribution in [3.8, 4) is 0 Å². The van der Waals surface area contributed by atoms with E-state index in [9.17, 15) is 0 Å². The van der Waals surface area contributed by atoms with Gasteiger partial charge in [0.25, 0.3) is 0 Å². The van der Waals surface area contributed by atoms with Crippen molar-refractivity contribution >= 4 is 0 Å². The predicted octanol–water partition coefficient (Wildman–Crippen LogP) is 3.51. The highest BCUT2D eigenvalue weighted by Gasteiger charge is 2.26. The van der Waals surface area contributed by atoms with Crippen molar-refractivity contribution in [1.29, 1.82) is 0 Å². The Balaban J connectivity index is 2.06. The van der Waals surface area contributed by atoms with Crippen LogP contribution in [0.1, 0.15) is 49.8 Å². The Labute approximate surface area is 118 Å². The molecule has 1 aliphatic carbocycles. The number of nitrogens with two attached hydrogens (primary N) is 1. The third-order valence-electron chi connectivity index (χ3n) is 4.74. The van der Waals surface area contributed by atoms with Crippen molar-refractivity contribution in [2.24, 2.45) is 11.7 Å². The summed E-state index contributed by atoms with van der Waals surface area (Å²) < 4.78 is 0. The third-order valence-corrected chi connectivity index (χ3v) is 4.74. The second-order valence-electron chi connectivity index (χ2n) is 6.24. The molecule has 1 saturated carbocycles. The minimum atomic E-state index is 0.360. The van der Waals surface area contributed by atoms with Crippen LogP contribution in [0.25, 0.3) is 0 Å². The van der Waals surface area contributed by atoms with E-state index in [-0.39, 0.29) is 0 Å². The Hall–Kier alpha value is -0.860. The molecule has 0 heterocycles. The summed E-state index contributed by atoms with van der Waals surface area (Å²) in [6.45, 7) is 5.20. The normalized spacial score (nSPS) is 25.5. The van der Waals surface area contributed by atoms with Gasteiger partial charge in [0.05, 0.1) is 0 Å².